The molecule has 0 aliphatic heterocycles. The van der Waals surface area contributed by atoms with Crippen LogP contribution in [0.4, 0.5) is 5.69 Å². The molecule has 0 saturated carbocycles. The summed E-state index contributed by atoms with van der Waals surface area (Å²) in [5.74, 6) is 0.0808. The van der Waals surface area contributed by atoms with Gasteiger partial charge in [0.25, 0.3) is 0 Å². The molecule has 0 fully saturated rings. The lowest BCUT2D eigenvalue weighted by molar-refractivity contribution is -0.119. The minimum absolute atomic E-state index is 0.133. The molecule has 7 nitrogen and oxygen atoms in total. The maximum Gasteiger partial charge on any atom is 0.250 e. The van der Waals surface area contributed by atoms with E-state index in [4.69, 9.17) is 5.73 Å². The predicted molar refractivity (Wildman–Crippen MR) is 66.0 cm³/mol. The quantitative estimate of drug-likeness (QED) is 0.802. The standard InChI is InChI=1S/C11H14N6O/c1-8(5-12)10(18)16-9-6-15-17(7-9)11-13-3-2-4-14-11/h2-4,6-8H,5,12H2,1H3,(H,16,18). The molecule has 0 saturated heterocycles. The third-order valence-corrected chi connectivity index (χ3v) is 2.41. The second kappa shape index (κ2) is 5.37. The van der Waals surface area contributed by atoms with Gasteiger partial charge in [-0.3, -0.25) is 4.79 Å². The molecule has 3 N–H and O–H groups in total. The van der Waals surface area contributed by atoms with Crippen molar-refractivity contribution in [3.63, 3.8) is 0 Å². The van der Waals surface area contributed by atoms with Gasteiger partial charge >= 0.3 is 0 Å². The van der Waals surface area contributed by atoms with Crippen molar-refractivity contribution in [2.45, 2.75) is 6.92 Å². The number of nitrogens with two attached hydrogens (primary N) is 1. The Morgan fingerprint density at radius 3 is 2.89 bits per heavy atom. The van der Waals surface area contributed by atoms with Crippen LogP contribution >= 0.6 is 0 Å². The molecule has 1 unspecified atom stereocenters. The van der Waals surface area contributed by atoms with Crippen molar-refractivity contribution in [1.82, 2.24) is 19.7 Å². The minimum Gasteiger partial charge on any atom is -0.330 e. The van der Waals surface area contributed by atoms with Gasteiger partial charge in [-0.1, -0.05) is 6.92 Å². The highest BCUT2D eigenvalue weighted by atomic mass is 16.1. The average Bonchev–Trinajstić information content (AvgIpc) is 2.87. The fourth-order valence-electron chi connectivity index (χ4n) is 1.28. The van der Waals surface area contributed by atoms with Crippen molar-refractivity contribution in [3.05, 3.63) is 30.9 Å². The van der Waals surface area contributed by atoms with Crippen molar-refractivity contribution in [3.8, 4) is 5.95 Å². The largest absolute Gasteiger partial charge is 0.330 e. The molecule has 0 spiro atoms. The second-order valence-electron chi connectivity index (χ2n) is 3.85. The molecular weight excluding hydrogens is 232 g/mol. The number of hydrogen-bond donors (Lipinski definition) is 2. The number of carbonyl (C=O) groups excluding carboxylic acids is 1. The van der Waals surface area contributed by atoms with Gasteiger partial charge in [-0.2, -0.15) is 5.10 Å². The molecule has 2 heterocycles. The Balaban J connectivity index is 2.10. The number of carbonyl (C=O) groups is 1. The summed E-state index contributed by atoms with van der Waals surface area (Å²) in [6.07, 6.45) is 6.44. The SMILES string of the molecule is CC(CN)C(=O)Nc1cnn(-c2ncccn2)c1. The summed E-state index contributed by atoms with van der Waals surface area (Å²) in [6, 6.07) is 1.72. The third kappa shape index (κ3) is 2.69. The van der Waals surface area contributed by atoms with Gasteiger partial charge < -0.3 is 11.1 Å². The van der Waals surface area contributed by atoms with Gasteiger partial charge in [-0.05, 0) is 6.07 Å². The maximum absolute atomic E-state index is 11.6. The van der Waals surface area contributed by atoms with Crippen LogP contribution in [0.2, 0.25) is 0 Å². The van der Waals surface area contributed by atoms with E-state index in [-0.39, 0.29) is 11.8 Å². The van der Waals surface area contributed by atoms with E-state index < -0.39 is 0 Å². The summed E-state index contributed by atoms with van der Waals surface area (Å²) in [5, 5.41) is 6.80. The number of nitrogens with zero attached hydrogens (tertiary/aromatic N) is 4. The molecule has 7 heteroatoms. The van der Waals surface area contributed by atoms with E-state index in [1.54, 1.807) is 31.6 Å². The van der Waals surface area contributed by atoms with Gasteiger partial charge in [-0.25, -0.2) is 14.6 Å². The lowest BCUT2D eigenvalue weighted by Gasteiger charge is -2.07. The van der Waals surface area contributed by atoms with Crippen molar-refractivity contribution in [2.75, 3.05) is 11.9 Å². The second-order valence-corrected chi connectivity index (χ2v) is 3.85. The average molecular weight is 246 g/mol. The van der Waals surface area contributed by atoms with Gasteiger partial charge in [0, 0.05) is 24.9 Å². The van der Waals surface area contributed by atoms with Gasteiger partial charge in [0.1, 0.15) is 0 Å². The first kappa shape index (κ1) is 12.2. The zero-order valence-corrected chi connectivity index (χ0v) is 9.95. The van der Waals surface area contributed by atoms with Crippen molar-refractivity contribution in [2.24, 2.45) is 11.7 Å². The van der Waals surface area contributed by atoms with E-state index in [2.05, 4.69) is 20.4 Å². The molecule has 0 aliphatic carbocycles. The maximum atomic E-state index is 11.6. The van der Waals surface area contributed by atoms with Crippen LogP contribution in [0.1, 0.15) is 6.92 Å². The Kier molecular flexibility index (Phi) is 3.63. The summed E-state index contributed by atoms with van der Waals surface area (Å²) in [4.78, 5) is 19.7. The highest BCUT2D eigenvalue weighted by Gasteiger charge is 2.12. The summed E-state index contributed by atoms with van der Waals surface area (Å²) in [5.41, 5.74) is 6.01. The molecule has 1 amide bonds. The van der Waals surface area contributed by atoms with Crippen LogP contribution in [-0.2, 0) is 4.79 Å². The van der Waals surface area contributed by atoms with Crippen LogP contribution in [0.15, 0.2) is 30.9 Å². The van der Waals surface area contributed by atoms with E-state index >= 15 is 0 Å². The fourth-order valence-corrected chi connectivity index (χ4v) is 1.28. The number of anilines is 1. The van der Waals surface area contributed by atoms with Crippen LogP contribution < -0.4 is 11.1 Å². The van der Waals surface area contributed by atoms with Crippen LogP contribution in [0, 0.1) is 5.92 Å². The van der Waals surface area contributed by atoms with Crippen molar-refractivity contribution < 1.29 is 4.79 Å². The summed E-state index contributed by atoms with van der Waals surface area (Å²) in [7, 11) is 0. The summed E-state index contributed by atoms with van der Waals surface area (Å²) < 4.78 is 1.49. The number of rotatable bonds is 4. The zero-order chi connectivity index (χ0) is 13.0. The Hall–Kier alpha value is -2.28. The summed E-state index contributed by atoms with van der Waals surface area (Å²) in [6.45, 7) is 2.07. The molecule has 94 valence electrons. The number of amides is 1. The molecular formula is C11H14N6O. The van der Waals surface area contributed by atoms with E-state index in [0.29, 0.717) is 18.2 Å². The first-order chi connectivity index (χ1) is 8.70. The van der Waals surface area contributed by atoms with E-state index in [0.717, 1.165) is 0 Å². The van der Waals surface area contributed by atoms with Crippen LogP contribution in [0.5, 0.6) is 0 Å². The molecule has 1 atom stereocenters. The van der Waals surface area contributed by atoms with Gasteiger partial charge in [-0.15, -0.1) is 0 Å². The number of aromatic nitrogens is 4. The predicted octanol–water partition coefficient (Wildman–Crippen LogP) is 0.196. The van der Waals surface area contributed by atoms with Crippen LogP contribution in [-0.4, -0.2) is 32.2 Å². The summed E-state index contributed by atoms with van der Waals surface area (Å²) >= 11 is 0. The minimum atomic E-state index is -0.235. The lowest BCUT2D eigenvalue weighted by Crippen LogP contribution is -2.26. The van der Waals surface area contributed by atoms with E-state index in [1.807, 2.05) is 0 Å². The normalized spacial score (nSPS) is 12.1. The molecule has 18 heavy (non-hydrogen) atoms. The third-order valence-electron chi connectivity index (χ3n) is 2.41. The molecule has 2 aromatic heterocycles. The molecule has 0 aromatic carbocycles. The topological polar surface area (TPSA) is 98.7 Å². The molecule has 2 rings (SSSR count). The molecule has 0 bridgehead atoms. The van der Waals surface area contributed by atoms with Crippen molar-refractivity contribution in [1.29, 1.82) is 0 Å². The smallest absolute Gasteiger partial charge is 0.250 e. The number of hydrogen-bond acceptors (Lipinski definition) is 5. The van der Waals surface area contributed by atoms with Gasteiger partial charge in [0.15, 0.2) is 0 Å². The Bertz CT molecular complexity index is 523. The fraction of sp³-hybridized carbons (Fsp3) is 0.273. The molecule has 0 radical (unpaired) electrons. The zero-order valence-electron chi connectivity index (χ0n) is 9.95. The first-order valence-corrected chi connectivity index (χ1v) is 5.53. The molecule has 0 aliphatic rings. The Labute approximate surface area is 104 Å². The molecule has 2 aromatic rings. The van der Waals surface area contributed by atoms with Crippen LogP contribution in [0.3, 0.4) is 0 Å². The number of nitrogens with one attached hydrogen (secondary N) is 1. The van der Waals surface area contributed by atoms with E-state index in [1.165, 1.54) is 10.9 Å². The highest BCUT2D eigenvalue weighted by Crippen LogP contribution is 2.09. The van der Waals surface area contributed by atoms with Gasteiger partial charge in [0.05, 0.1) is 18.1 Å². The van der Waals surface area contributed by atoms with Gasteiger partial charge in [0.2, 0.25) is 11.9 Å². The Morgan fingerprint density at radius 1 is 1.50 bits per heavy atom. The van der Waals surface area contributed by atoms with Crippen LogP contribution in [0.25, 0.3) is 5.95 Å². The highest BCUT2D eigenvalue weighted by molar-refractivity contribution is 5.92. The lowest BCUT2D eigenvalue weighted by atomic mass is 10.2. The first-order valence-electron chi connectivity index (χ1n) is 5.53. The Morgan fingerprint density at radius 2 is 2.22 bits per heavy atom. The van der Waals surface area contributed by atoms with Crippen molar-refractivity contribution >= 4 is 11.6 Å². The van der Waals surface area contributed by atoms with E-state index in [9.17, 15) is 4.79 Å². The monoisotopic (exact) mass is 246 g/mol.